The minimum atomic E-state index is -0.672. The number of hydrogen-bond acceptors (Lipinski definition) is 8. The first-order valence-electron chi connectivity index (χ1n) is 9.14. The van der Waals surface area contributed by atoms with Crippen molar-refractivity contribution in [3.05, 3.63) is 64.2 Å². The highest BCUT2D eigenvalue weighted by Gasteiger charge is 2.32. The van der Waals surface area contributed by atoms with Crippen LogP contribution in [0.5, 0.6) is 5.75 Å². The largest absolute Gasteiger partial charge is 0.497 e. The molecule has 1 fully saturated rings. The predicted octanol–water partition coefficient (Wildman–Crippen LogP) is 2.94. The summed E-state index contributed by atoms with van der Waals surface area (Å²) in [6.45, 7) is 1.79. The van der Waals surface area contributed by atoms with E-state index in [0.29, 0.717) is 10.9 Å². The van der Waals surface area contributed by atoms with Gasteiger partial charge in [0, 0.05) is 24.2 Å². The first-order valence-corrected chi connectivity index (χ1v) is 10.0. The Morgan fingerprint density at radius 1 is 1.29 bits per heavy atom. The van der Waals surface area contributed by atoms with E-state index < -0.39 is 16.1 Å². The molecule has 2 aromatic carbocycles. The van der Waals surface area contributed by atoms with Crippen LogP contribution in [0.15, 0.2) is 58.7 Å². The standard InChI is InChI=1S/C20H19N5O5S/c1-12(13-6-8-16(30-2)9-7-13)23-24-20-22-19(27)17(31-20)11-18(26)21-14-4-3-5-15(10-14)25(28)29/h3-10,17H,11H2,1-2H3,(H,21,26)(H,22,24,27)/b23-12-/t17-/m1/s1. The van der Waals surface area contributed by atoms with Gasteiger partial charge < -0.3 is 15.4 Å². The van der Waals surface area contributed by atoms with Crippen molar-refractivity contribution in [2.75, 3.05) is 12.4 Å². The molecule has 10 nitrogen and oxygen atoms in total. The Morgan fingerprint density at radius 3 is 2.71 bits per heavy atom. The average Bonchev–Trinajstić information content (AvgIpc) is 3.11. The van der Waals surface area contributed by atoms with Crippen LogP contribution in [-0.2, 0) is 9.59 Å². The highest BCUT2D eigenvalue weighted by molar-refractivity contribution is 8.15. The first-order chi connectivity index (χ1) is 14.9. The van der Waals surface area contributed by atoms with Crippen LogP contribution in [0.3, 0.4) is 0 Å². The Bertz CT molecular complexity index is 1070. The molecule has 31 heavy (non-hydrogen) atoms. The van der Waals surface area contributed by atoms with Crippen molar-refractivity contribution in [3.8, 4) is 5.75 Å². The summed E-state index contributed by atoms with van der Waals surface area (Å²) in [4.78, 5) is 34.7. The number of hydrogen-bond donors (Lipinski definition) is 2. The molecule has 0 bridgehead atoms. The predicted molar refractivity (Wildman–Crippen MR) is 119 cm³/mol. The van der Waals surface area contributed by atoms with Crippen molar-refractivity contribution in [3.63, 3.8) is 0 Å². The third-order valence-corrected chi connectivity index (χ3v) is 5.36. The molecule has 1 aliphatic rings. The topological polar surface area (TPSA) is 135 Å². The molecule has 1 saturated heterocycles. The number of ether oxygens (including phenoxy) is 1. The van der Waals surface area contributed by atoms with Crippen molar-refractivity contribution in [1.29, 1.82) is 0 Å². The van der Waals surface area contributed by atoms with E-state index in [1.54, 1.807) is 14.0 Å². The zero-order chi connectivity index (χ0) is 22.4. The number of carbonyl (C=O) groups excluding carboxylic acids is 2. The summed E-state index contributed by atoms with van der Waals surface area (Å²) in [5, 5.41) is 23.8. The molecule has 0 unspecified atom stereocenters. The Balaban J connectivity index is 1.59. The molecule has 0 aliphatic carbocycles. The average molecular weight is 441 g/mol. The number of non-ortho nitro benzene ring substituents is 1. The van der Waals surface area contributed by atoms with Crippen molar-refractivity contribution < 1.29 is 19.2 Å². The lowest BCUT2D eigenvalue weighted by Crippen LogP contribution is -2.28. The van der Waals surface area contributed by atoms with Gasteiger partial charge in [-0.1, -0.05) is 17.8 Å². The number of methoxy groups -OCH3 is 1. The van der Waals surface area contributed by atoms with E-state index >= 15 is 0 Å². The summed E-state index contributed by atoms with van der Waals surface area (Å²) in [5.41, 5.74) is 1.66. The number of nitro benzene ring substituents is 1. The quantitative estimate of drug-likeness (QED) is 0.385. The number of nitrogens with one attached hydrogen (secondary N) is 2. The van der Waals surface area contributed by atoms with Crippen molar-refractivity contribution >= 4 is 45.8 Å². The van der Waals surface area contributed by atoms with E-state index in [9.17, 15) is 19.7 Å². The maximum absolute atomic E-state index is 12.3. The van der Waals surface area contributed by atoms with Crippen LogP contribution in [0.4, 0.5) is 11.4 Å². The van der Waals surface area contributed by atoms with E-state index in [4.69, 9.17) is 4.74 Å². The summed E-state index contributed by atoms with van der Waals surface area (Å²) < 4.78 is 5.12. The van der Waals surface area contributed by atoms with Crippen molar-refractivity contribution in [1.82, 2.24) is 5.32 Å². The van der Waals surface area contributed by atoms with Gasteiger partial charge in [0.2, 0.25) is 11.8 Å². The van der Waals surface area contributed by atoms with E-state index in [1.165, 1.54) is 24.3 Å². The van der Waals surface area contributed by atoms with Gasteiger partial charge in [0.25, 0.3) is 5.69 Å². The Labute approximate surface area is 181 Å². The van der Waals surface area contributed by atoms with Gasteiger partial charge in [-0.25, -0.2) is 0 Å². The van der Waals surface area contributed by atoms with Gasteiger partial charge in [0.1, 0.15) is 11.0 Å². The van der Waals surface area contributed by atoms with Gasteiger partial charge in [0.05, 0.1) is 17.7 Å². The number of amidine groups is 1. The van der Waals surface area contributed by atoms with Crippen LogP contribution in [0.25, 0.3) is 0 Å². The lowest BCUT2D eigenvalue weighted by atomic mass is 10.1. The van der Waals surface area contributed by atoms with Crippen LogP contribution < -0.4 is 15.4 Å². The van der Waals surface area contributed by atoms with Crippen molar-refractivity contribution in [2.45, 2.75) is 18.6 Å². The smallest absolute Gasteiger partial charge is 0.271 e. The normalized spacial score (nSPS) is 17.4. The minimum Gasteiger partial charge on any atom is -0.497 e. The molecule has 11 heteroatoms. The molecular weight excluding hydrogens is 422 g/mol. The highest BCUT2D eigenvalue weighted by Crippen LogP contribution is 2.24. The van der Waals surface area contributed by atoms with Crippen LogP contribution in [-0.4, -0.2) is 40.0 Å². The molecule has 1 aliphatic heterocycles. The van der Waals surface area contributed by atoms with Gasteiger partial charge in [-0.05, 0) is 42.8 Å². The molecule has 2 N–H and O–H groups in total. The van der Waals surface area contributed by atoms with E-state index in [-0.39, 0.29) is 23.7 Å². The zero-order valence-corrected chi connectivity index (χ0v) is 17.5. The fraction of sp³-hybridized carbons (Fsp3) is 0.200. The molecular formula is C20H19N5O5S. The second kappa shape index (κ2) is 9.85. The highest BCUT2D eigenvalue weighted by atomic mass is 32.2. The maximum Gasteiger partial charge on any atom is 0.271 e. The molecule has 1 heterocycles. The molecule has 0 aromatic heterocycles. The molecule has 3 rings (SSSR count). The summed E-state index contributed by atoms with van der Waals surface area (Å²) in [6, 6.07) is 12.9. The number of thioether (sulfide) groups is 1. The van der Waals surface area contributed by atoms with Crippen LogP contribution >= 0.6 is 11.8 Å². The molecule has 2 aromatic rings. The van der Waals surface area contributed by atoms with Crippen molar-refractivity contribution in [2.24, 2.45) is 10.2 Å². The fourth-order valence-electron chi connectivity index (χ4n) is 2.67. The van der Waals surface area contributed by atoms with Gasteiger partial charge >= 0.3 is 0 Å². The Morgan fingerprint density at radius 2 is 2.03 bits per heavy atom. The summed E-state index contributed by atoms with van der Waals surface area (Å²) in [7, 11) is 1.59. The lowest BCUT2D eigenvalue weighted by Gasteiger charge is -2.07. The number of nitro groups is 1. The van der Waals surface area contributed by atoms with E-state index in [0.717, 1.165) is 23.1 Å². The minimum absolute atomic E-state index is 0.112. The molecule has 0 spiro atoms. The number of amides is 2. The second-order valence-electron chi connectivity index (χ2n) is 6.47. The van der Waals surface area contributed by atoms with Gasteiger partial charge in [-0.3, -0.25) is 19.7 Å². The fourth-order valence-corrected chi connectivity index (χ4v) is 3.59. The van der Waals surface area contributed by atoms with E-state index in [1.807, 2.05) is 24.3 Å². The lowest BCUT2D eigenvalue weighted by molar-refractivity contribution is -0.384. The van der Waals surface area contributed by atoms with Gasteiger partial charge in [-0.2, -0.15) is 5.10 Å². The molecule has 160 valence electrons. The zero-order valence-electron chi connectivity index (χ0n) is 16.7. The summed E-state index contributed by atoms with van der Waals surface area (Å²) in [5.74, 6) is -0.0599. The van der Waals surface area contributed by atoms with Crippen LogP contribution in [0.1, 0.15) is 18.9 Å². The number of benzene rings is 2. The monoisotopic (exact) mass is 441 g/mol. The van der Waals surface area contributed by atoms with Gasteiger partial charge in [0.15, 0.2) is 5.17 Å². The Kier molecular flexibility index (Phi) is 6.98. The number of anilines is 1. The number of carbonyl (C=O) groups is 2. The van der Waals surface area contributed by atoms with Crippen LogP contribution in [0, 0.1) is 10.1 Å². The Hall–Kier alpha value is -3.73. The third kappa shape index (κ3) is 5.89. The maximum atomic E-state index is 12.3. The molecule has 1 atom stereocenters. The molecule has 0 radical (unpaired) electrons. The third-order valence-electron chi connectivity index (χ3n) is 4.29. The molecule has 0 saturated carbocycles. The van der Waals surface area contributed by atoms with Gasteiger partial charge in [-0.15, -0.1) is 5.10 Å². The molecule has 2 amide bonds. The first kappa shape index (κ1) is 22.0. The van der Waals surface area contributed by atoms with Crippen LogP contribution in [0.2, 0.25) is 0 Å². The number of nitrogens with zero attached hydrogens (tertiary/aromatic N) is 3. The summed E-state index contributed by atoms with van der Waals surface area (Å²) >= 11 is 1.10. The SMILES string of the molecule is COc1ccc(/C(C)=N\N=C2/NC(=O)[C@@H](CC(=O)Nc3cccc([N+](=O)[O-])c3)S2)cc1. The summed E-state index contributed by atoms with van der Waals surface area (Å²) in [6.07, 6.45) is -0.112. The number of rotatable bonds is 7. The second-order valence-corrected chi connectivity index (χ2v) is 7.67. The van der Waals surface area contributed by atoms with E-state index in [2.05, 4.69) is 20.8 Å².